The van der Waals surface area contributed by atoms with Gasteiger partial charge in [0.2, 0.25) is 5.91 Å². The van der Waals surface area contributed by atoms with Crippen molar-refractivity contribution in [3.05, 3.63) is 17.7 Å². The van der Waals surface area contributed by atoms with E-state index >= 15 is 0 Å². The van der Waals surface area contributed by atoms with Gasteiger partial charge in [0.1, 0.15) is 12.4 Å². The fourth-order valence-corrected chi connectivity index (χ4v) is 1.70. The molecule has 1 aliphatic heterocycles. The molecule has 16 heavy (non-hydrogen) atoms. The highest BCUT2D eigenvalue weighted by Gasteiger charge is 2.16. The molecule has 0 atom stereocenters. The van der Waals surface area contributed by atoms with Gasteiger partial charge in [-0.25, -0.2) is 0 Å². The van der Waals surface area contributed by atoms with Crippen LogP contribution < -0.4 is 15.8 Å². The summed E-state index contributed by atoms with van der Waals surface area (Å²) in [5.41, 5.74) is 8.01. The first-order valence-electron chi connectivity index (χ1n) is 5.16. The molecular formula is C11H14N2O3. The van der Waals surface area contributed by atoms with Crippen LogP contribution in [0.4, 0.5) is 11.4 Å². The van der Waals surface area contributed by atoms with Crippen LogP contribution in [0.15, 0.2) is 12.1 Å². The zero-order valence-electron chi connectivity index (χ0n) is 8.82. The maximum absolute atomic E-state index is 11.2. The number of nitrogens with two attached hydrogens (primary N) is 1. The second kappa shape index (κ2) is 4.40. The highest BCUT2D eigenvalue weighted by atomic mass is 16.5. The Morgan fingerprint density at radius 1 is 1.44 bits per heavy atom. The van der Waals surface area contributed by atoms with Crippen molar-refractivity contribution in [2.75, 3.05) is 24.3 Å². The number of amides is 1. The van der Waals surface area contributed by atoms with Crippen molar-refractivity contribution in [1.29, 1.82) is 0 Å². The van der Waals surface area contributed by atoms with E-state index in [2.05, 4.69) is 5.32 Å². The number of nitrogen functional groups attached to an aromatic ring is 1. The summed E-state index contributed by atoms with van der Waals surface area (Å²) in [6.07, 6.45) is 1.17. The van der Waals surface area contributed by atoms with Crippen LogP contribution in [0.5, 0.6) is 5.75 Å². The van der Waals surface area contributed by atoms with Gasteiger partial charge in [-0.3, -0.25) is 4.79 Å². The predicted molar refractivity (Wildman–Crippen MR) is 60.4 cm³/mol. The van der Waals surface area contributed by atoms with Crippen molar-refractivity contribution in [1.82, 2.24) is 0 Å². The molecule has 86 valence electrons. The molecule has 1 aromatic carbocycles. The van der Waals surface area contributed by atoms with E-state index in [0.717, 1.165) is 11.3 Å². The number of aryl methyl sites for hydroxylation is 1. The van der Waals surface area contributed by atoms with Gasteiger partial charge in [-0.15, -0.1) is 0 Å². The molecule has 5 heteroatoms. The molecule has 0 unspecified atom stereocenters. The Bertz CT molecular complexity index is 418. The minimum absolute atomic E-state index is 0.0101. The van der Waals surface area contributed by atoms with Crippen LogP contribution in [0, 0.1) is 0 Å². The van der Waals surface area contributed by atoms with Crippen LogP contribution >= 0.6 is 0 Å². The highest BCUT2D eigenvalue weighted by Crippen LogP contribution is 2.32. The number of ether oxygens (including phenoxy) is 1. The van der Waals surface area contributed by atoms with Crippen molar-refractivity contribution in [2.45, 2.75) is 12.8 Å². The van der Waals surface area contributed by atoms with Crippen molar-refractivity contribution >= 4 is 17.3 Å². The number of fused-ring (bicyclic) bond motifs is 1. The third kappa shape index (κ3) is 2.09. The predicted octanol–water partition coefficient (Wildman–Crippen LogP) is 0.525. The molecule has 0 aromatic heterocycles. The zero-order valence-corrected chi connectivity index (χ0v) is 8.82. The Balaban J connectivity index is 2.27. The monoisotopic (exact) mass is 222 g/mol. The van der Waals surface area contributed by atoms with E-state index in [1.165, 1.54) is 0 Å². The number of aliphatic hydroxyl groups excluding tert-OH is 1. The van der Waals surface area contributed by atoms with E-state index in [1.54, 1.807) is 6.07 Å². The number of hydrogen-bond acceptors (Lipinski definition) is 4. The number of nitrogens with one attached hydrogen (secondary N) is 1. The zero-order chi connectivity index (χ0) is 11.5. The van der Waals surface area contributed by atoms with Crippen LogP contribution in [-0.2, 0) is 11.2 Å². The average molecular weight is 222 g/mol. The summed E-state index contributed by atoms with van der Waals surface area (Å²) in [5.74, 6) is 0.569. The van der Waals surface area contributed by atoms with Crippen molar-refractivity contribution in [2.24, 2.45) is 0 Å². The molecule has 1 aliphatic rings. The molecule has 0 aliphatic carbocycles. The number of anilines is 2. The Kier molecular flexibility index (Phi) is 2.96. The molecular weight excluding hydrogens is 208 g/mol. The third-order valence-corrected chi connectivity index (χ3v) is 2.48. The molecule has 4 N–H and O–H groups in total. The lowest BCUT2D eigenvalue weighted by molar-refractivity contribution is -0.116. The van der Waals surface area contributed by atoms with Crippen LogP contribution in [0.3, 0.4) is 0 Å². The number of carbonyl (C=O) groups is 1. The minimum atomic E-state index is -0.0484. The quantitative estimate of drug-likeness (QED) is 0.651. The second-order valence-corrected chi connectivity index (χ2v) is 3.67. The topological polar surface area (TPSA) is 84.6 Å². The normalized spacial score (nSPS) is 14.2. The van der Waals surface area contributed by atoms with Gasteiger partial charge in [-0.2, -0.15) is 0 Å². The lowest BCUT2D eigenvalue weighted by Gasteiger charge is -2.19. The molecule has 5 nitrogen and oxygen atoms in total. The SMILES string of the molecule is Nc1cc2c(cc1OCCO)CCC(=O)N2. The Labute approximate surface area is 93.2 Å². The Hall–Kier alpha value is -1.75. The van der Waals surface area contributed by atoms with Gasteiger partial charge >= 0.3 is 0 Å². The van der Waals surface area contributed by atoms with Crippen molar-refractivity contribution in [3.8, 4) is 5.75 Å². The average Bonchev–Trinajstić information content (AvgIpc) is 2.26. The summed E-state index contributed by atoms with van der Waals surface area (Å²) in [6.45, 7) is 0.169. The van der Waals surface area contributed by atoms with E-state index in [0.29, 0.717) is 24.3 Å². The summed E-state index contributed by atoms with van der Waals surface area (Å²) in [6, 6.07) is 3.51. The molecule has 0 bridgehead atoms. The van der Waals surface area contributed by atoms with Gasteiger partial charge < -0.3 is 20.9 Å². The lowest BCUT2D eigenvalue weighted by atomic mass is 10.0. The van der Waals surface area contributed by atoms with E-state index in [9.17, 15) is 4.79 Å². The number of benzene rings is 1. The van der Waals surface area contributed by atoms with Gasteiger partial charge in [0.15, 0.2) is 0 Å². The number of rotatable bonds is 3. The van der Waals surface area contributed by atoms with Gasteiger partial charge in [-0.1, -0.05) is 0 Å². The lowest BCUT2D eigenvalue weighted by Crippen LogP contribution is -2.19. The van der Waals surface area contributed by atoms with E-state index in [-0.39, 0.29) is 19.1 Å². The molecule has 1 heterocycles. The summed E-state index contributed by atoms with van der Waals surface area (Å²) in [7, 11) is 0. The summed E-state index contributed by atoms with van der Waals surface area (Å²) >= 11 is 0. The molecule has 1 amide bonds. The Morgan fingerprint density at radius 2 is 2.25 bits per heavy atom. The smallest absolute Gasteiger partial charge is 0.224 e. The fraction of sp³-hybridized carbons (Fsp3) is 0.364. The van der Waals surface area contributed by atoms with E-state index < -0.39 is 0 Å². The number of carbonyl (C=O) groups excluding carboxylic acids is 1. The Morgan fingerprint density at radius 3 is 3.00 bits per heavy atom. The molecule has 0 saturated carbocycles. The van der Waals surface area contributed by atoms with Gasteiger partial charge in [0.05, 0.1) is 12.3 Å². The molecule has 0 spiro atoms. The first-order chi connectivity index (χ1) is 7.70. The van der Waals surface area contributed by atoms with Gasteiger partial charge in [0, 0.05) is 12.1 Å². The molecule has 2 rings (SSSR count). The van der Waals surface area contributed by atoms with E-state index in [4.69, 9.17) is 15.6 Å². The molecule has 0 fully saturated rings. The maximum Gasteiger partial charge on any atom is 0.224 e. The first kappa shape index (κ1) is 10.8. The van der Waals surface area contributed by atoms with Gasteiger partial charge in [0.25, 0.3) is 0 Å². The van der Waals surface area contributed by atoms with Crippen molar-refractivity contribution in [3.63, 3.8) is 0 Å². The minimum Gasteiger partial charge on any atom is -0.489 e. The second-order valence-electron chi connectivity index (χ2n) is 3.67. The summed E-state index contributed by atoms with van der Waals surface area (Å²) in [4.78, 5) is 11.2. The summed E-state index contributed by atoms with van der Waals surface area (Å²) < 4.78 is 5.29. The van der Waals surface area contributed by atoms with Crippen LogP contribution in [0.25, 0.3) is 0 Å². The van der Waals surface area contributed by atoms with Crippen LogP contribution in [0.2, 0.25) is 0 Å². The molecule has 1 aromatic rings. The number of aliphatic hydroxyl groups is 1. The molecule has 0 radical (unpaired) electrons. The largest absolute Gasteiger partial charge is 0.489 e. The molecule has 0 saturated heterocycles. The maximum atomic E-state index is 11.2. The van der Waals surface area contributed by atoms with Crippen molar-refractivity contribution < 1.29 is 14.6 Å². The summed E-state index contributed by atoms with van der Waals surface area (Å²) in [5, 5.41) is 11.4. The number of hydrogen-bond donors (Lipinski definition) is 3. The van der Waals surface area contributed by atoms with E-state index in [1.807, 2.05) is 6.07 Å². The van der Waals surface area contributed by atoms with Crippen LogP contribution in [-0.4, -0.2) is 24.2 Å². The first-order valence-corrected chi connectivity index (χ1v) is 5.16. The van der Waals surface area contributed by atoms with Gasteiger partial charge in [-0.05, 0) is 24.1 Å². The third-order valence-electron chi connectivity index (χ3n) is 2.48. The highest BCUT2D eigenvalue weighted by molar-refractivity contribution is 5.94. The fourth-order valence-electron chi connectivity index (χ4n) is 1.70. The standard InChI is InChI=1S/C11H14N2O3/c12-8-6-9-7(1-2-11(15)13-9)5-10(8)16-4-3-14/h5-6,14H,1-4,12H2,(H,13,15). The van der Waals surface area contributed by atoms with Crippen LogP contribution in [0.1, 0.15) is 12.0 Å².